The van der Waals surface area contributed by atoms with E-state index in [4.69, 9.17) is 5.73 Å². The second kappa shape index (κ2) is 4.25. The topological polar surface area (TPSA) is 26.0 Å². The van der Waals surface area contributed by atoms with Crippen molar-refractivity contribution in [1.82, 2.24) is 0 Å². The highest BCUT2D eigenvalue weighted by molar-refractivity contribution is 5.78. The number of nitrogens with two attached hydrogens (primary N) is 1. The van der Waals surface area contributed by atoms with Gasteiger partial charge in [0.25, 0.3) is 0 Å². The first kappa shape index (κ1) is 11.7. The molecule has 2 rings (SSSR count). The summed E-state index contributed by atoms with van der Waals surface area (Å²) >= 11 is 0. The van der Waals surface area contributed by atoms with Crippen molar-refractivity contribution in [3.8, 4) is 11.1 Å². The van der Waals surface area contributed by atoms with Crippen LogP contribution in [-0.2, 0) is 0 Å². The predicted molar refractivity (Wildman–Crippen MR) is 75.2 cm³/mol. The van der Waals surface area contributed by atoms with Crippen LogP contribution in [0, 0.1) is 27.7 Å². The Hall–Kier alpha value is -1.76. The Morgan fingerprint density at radius 3 is 1.65 bits per heavy atom. The van der Waals surface area contributed by atoms with Crippen LogP contribution in [0.4, 0.5) is 5.69 Å². The fourth-order valence-electron chi connectivity index (χ4n) is 2.38. The van der Waals surface area contributed by atoms with E-state index in [0.717, 1.165) is 5.69 Å². The molecule has 2 aromatic carbocycles. The minimum absolute atomic E-state index is 0.930. The zero-order valence-electron chi connectivity index (χ0n) is 11.0. The Morgan fingerprint density at radius 2 is 1.18 bits per heavy atom. The van der Waals surface area contributed by atoms with E-state index >= 15 is 0 Å². The van der Waals surface area contributed by atoms with Gasteiger partial charge in [0.1, 0.15) is 0 Å². The average Bonchev–Trinajstić information content (AvgIpc) is 2.36. The molecule has 1 nitrogen and oxygen atoms in total. The van der Waals surface area contributed by atoms with E-state index in [1.807, 2.05) is 6.07 Å². The molecule has 0 aliphatic heterocycles. The first-order valence-electron chi connectivity index (χ1n) is 5.95. The van der Waals surface area contributed by atoms with E-state index in [-0.39, 0.29) is 0 Å². The summed E-state index contributed by atoms with van der Waals surface area (Å²) in [4.78, 5) is 0. The van der Waals surface area contributed by atoms with Crippen molar-refractivity contribution < 1.29 is 0 Å². The molecular formula is C16H19N. The quantitative estimate of drug-likeness (QED) is 0.724. The van der Waals surface area contributed by atoms with Gasteiger partial charge in [0, 0.05) is 5.69 Å². The number of benzene rings is 2. The van der Waals surface area contributed by atoms with Crippen molar-refractivity contribution in [1.29, 1.82) is 0 Å². The van der Waals surface area contributed by atoms with Gasteiger partial charge in [-0.05, 0) is 61.1 Å². The Morgan fingerprint density at radius 1 is 0.706 bits per heavy atom. The largest absolute Gasteiger partial charge is 0.398 e. The summed E-state index contributed by atoms with van der Waals surface area (Å²) in [6, 6.07) is 10.5. The highest BCUT2D eigenvalue weighted by atomic mass is 14.6. The van der Waals surface area contributed by atoms with Gasteiger partial charge in [-0.15, -0.1) is 0 Å². The third kappa shape index (κ3) is 1.82. The van der Waals surface area contributed by atoms with Crippen molar-refractivity contribution in [2.75, 3.05) is 5.73 Å². The summed E-state index contributed by atoms with van der Waals surface area (Å²) in [5.74, 6) is 0. The molecule has 1 heteroatoms. The monoisotopic (exact) mass is 225 g/mol. The first-order chi connectivity index (χ1) is 8.04. The van der Waals surface area contributed by atoms with E-state index < -0.39 is 0 Å². The van der Waals surface area contributed by atoms with Gasteiger partial charge in [0.05, 0.1) is 0 Å². The molecule has 0 aromatic heterocycles. The Balaban J connectivity index is 2.80. The van der Waals surface area contributed by atoms with Gasteiger partial charge in [-0.25, -0.2) is 0 Å². The van der Waals surface area contributed by atoms with Gasteiger partial charge in [-0.1, -0.05) is 30.3 Å². The van der Waals surface area contributed by atoms with E-state index in [1.54, 1.807) is 0 Å². The number of hydrogen-bond acceptors (Lipinski definition) is 1. The highest BCUT2D eigenvalue weighted by Crippen LogP contribution is 2.35. The summed E-state index contributed by atoms with van der Waals surface area (Å²) in [5.41, 5.74) is 14.6. The zero-order valence-corrected chi connectivity index (χ0v) is 11.0. The second-order valence-electron chi connectivity index (χ2n) is 4.65. The predicted octanol–water partition coefficient (Wildman–Crippen LogP) is 4.17. The van der Waals surface area contributed by atoms with Gasteiger partial charge in [-0.2, -0.15) is 0 Å². The summed E-state index contributed by atoms with van der Waals surface area (Å²) in [7, 11) is 0. The van der Waals surface area contributed by atoms with Crippen LogP contribution in [0.2, 0.25) is 0 Å². The molecule has 88 valence electrons. The maximum Gasteiger partial charge on any atom is 0.0379 e. The number of rotatable bonds is 1. The fourth-order valence-corrected chi connectivity index (χ4v) is 2.38. The Kier molecular flexibility index (Phi) is 2.93. The van der Waals surface area contributed by atoms with E-state index in [2.05, 4.69) is 52.0 Å². The third-order valence-corrected chi connectivity index (χ3v) is 3.75. The van der Waals surface area contributed by atoms with Crippen LogP contribution in [0.1, 0.15) is 22.3 Å². The number of nitrogen functional groups attached to an aromatic ring is 1. The van der Waals surface area contributed by atoms with Crippen LogP contribution >= 0.6 is 0 Å². The molecule has 0 spiro atoms. The summed E-state index contributed by atoms with van der Waals surface area (Å²) in [5, 5.41) is 0. The molecule has 0 heterocycles. The maximum absolute atomic E-state index is 6.13. The molecule has 0 aliphatic rings. The molecule has 0 atom stereocenters. The number of hydrogen-bond donors (Lipinski definition) is 1. The van der Waals surface area contributed by atoms with Gasteiger partial charge < -0.3 is 5.73 Å². The lowest BCUT2D eigenvalue weighted by atomic mass is 9.88. The molecule has 2 N–H and O–H groups in total. The van der Waals surface area contributed by atoms with Crippen LogP contribution in [0.5, 0.6) is 0 Å². The first-order valence-corrected chi connectivity index (χ1v) is 5.95. The lowest BCUT2D eigenvalue weighted by Gasteiger charge is -2.18. The molecule has 0 aliphatic carbocycles. The van der Waals surface area contributed by atoms with Crippen molar-refractivity contribution in [3.05, 3.63) is 52.6 Å². The minimum Gasteiger partial charge on any atom is -0.398 e. The molecule has 0 fully saturated rings. The standard InChI is InChI=1S/C16H19N/c1-10-12(3)16(17)13(4)11(2)15(10)14-8-6-5-7-9-14/h5-9H,17H2,1-4H3. The van der Waals surface area contributed by atoms with Crippen molar-refractivity contribution in [3.63, 3.8) is 0 Å². The normalized spacial score (nSPS) is 10.6. The minimum atomic E-state index is 0.930. The lowest BCUT2D eigenvalue weighted by Crippen LogP contribution is -2.02. The van der Waals surface area contributed by atoms with Crippen LogP contribution in [0.3, 0.4) is 0 Å². The Labute approximate surface area is 103 Å². The summed E-state index contributed by atoms with van der Waals surface area (Å²) in [6.07, 6.45) is 0. The molecule has 0 saturated carbocycles. The third-order valence-electron chi connectivity index (χ3n) is 3.75. The molecular weight excluding hydrogens is 206 g/mol. The smallest absolute Gasteiger partial charge is 0.0379 e. The van der Waals surface area contributed by atoms with E-state index in [9.17, 15) is 0 Å². The second-order valence-corrected chi connectivity index (χ2v) is 4.65. The van der Waals surface area contributed by atoms with Crippen molar-refractivity contribution in [2.45, 2.75) is 27.7 Å². The van der Waals surface area contributed by atoms with Gasteiger partial charge in [0.2, 0.25) is 0 Å². The SMILES string of the molecule is Cc1c(C)c(-c2ccccc2)c(C)c(C)c1N. The maximum atomic E-state index is 6.13. The molecule has 0 unspecified atom stereocenters. The lowest BCUT2D eigenvalue weighted by molar-refractivity contribution is 1.25. The zero-order chi connectivity index (χ0) is 12.6. The van der Waals surface area contributed by atoms with E-state index in [1.165, 1.54) is 33.4 Å². The highest BCUT2D eigenvalue weighted by Gasteiger charge is 2.13. The van der Waals surface area contributed by atoms with Crippen molar-refractivity contribution in [2.24, 2.45) is 0 Å². The molecule has 0 bridgehead atoms. The van der Waals surface area contributed by atoms with Gasteiger partial charge in [-0.3, -0.25) is 0 Å². The van der Waals surface area contributed by atoms with E-state index in [0.29, 0.717) is 0 Å². The molecule has 0 radical (unpaired) electrons. The van der Waals surface area contributed by atoms with Gasteiger partial charge in [0.15, 0.2) is 0 Å². The van der Waals surface area contributed by atoms with Crippen molar-refractivity contribution >= 4 is 5.69 Å². The molecule has 2 aromatic rings. The van der Waals surface area contributed by atoms with Crippen LogP contribution in [-0.4, -0.2) is 0 Å². The number of anilines is 1. The molecule has 0 saturated heterocycles. The molecule has 0 amide bonds. The van der Waals surface area contributed by atoms with Gasteiger partial charge >= 0.3 is 0 Å². The summed E-state index contributed by atoms with van der Waals surface area (Å²) < 4.78 is 0. The fraction of sp³-hybridized carbons (Fsp3) is 0.250. The van der Waals surface area contributed by atoms with Crippen LogP contribution in [0.15, 0.2) is 30.3 Å². The average molecular weight is 225 g/mol. The molecule has 17 heavy (non-hydrogen) atoms. The van der Waals surface area contributed by atoms with Crippen LogP contribution < -0.4 is 5.73 Å². The Bertz CT molecular complexity index is 524. The van der Waals surface area contributed by atoms with Crippen LogP contribution in [0.25, 0.3) is 11.1 Å². The summed E-state index contributed by atoms with van der Waals surface area (Å²) in [6.45, 7) is 8.51.